The molecule has 2 N–H and O–H groups in total. The molecule has 0 atom stereocenters. The maximum absolute atomic E-state index is 3.58. The van der Waals surface area contributed by atoms with Crippen molar-refractivity contribution >= 4 is 0 Å². The minimum absolute atomic E-state index is 0.135. The maximum atomic E-state index is 3.58. The molecular formula is C29H38N2+2. The highest BCUT2D eigenvalue weighted by molar-refractivity contribution is 5.81. The normalized spacial score (nSPS) is 13.2. The highest BCUT2D eigenvalue weighted by atomic mass is 15.1. The summed E-state index contributed by atoms with van der Waals surface area (Å²) in [5.74, 6) is 14.1. The van der Waals surface area contributed by atoms with Crippen LogP contribution in [0.1, 0.15) is 51.7 Å². The van der Waals surface area contributed by atoms with Gasteiger partial charge < -0.3 is 9.80 Å². The van der Waals surface area contributed by atoms with Gasteiger partial charge in [-0.2, -0.15) is 0 Å². The van der Waals surface area contributed by atoms with Gasteiger partial charge >= 0.3 is 0 Å². The zero-order chi connectivity index (χ0) is 22.1. The van der Waals surface area contributed by atoms with Crippen LogP contribution in [0.4, 0.5) is 0 Å². The third-order valence-corrected chi connectivity index (χ3v) is 6.88. The summed E-state index contributed by atoms with van der Waals surface area (Å²) in [5, 5.41) is 0. The molecule has 0 saturated heterocycles. The molecule has 162 valence electrons. The lowest BCUT2D eigenvalue weighted by molar-refractivity contribution is -0.889. The fraction of sp³-hybridized carbons (Fsp3) is 0.448. The highest BCUT2D eigenvalue weighted by Crippen LogP contribution is 2.52. The van der Waals surface area contributed by atoms with Crippen LogP contribution in [0.15, 0.2) is 48.5 Å². The van der Waals surface area contributed by atoms with Gasteiger partial charge in [-0.15, -0.1) is 0 Å². The molecule has 0 bridgehead atoms. The van der Waals surface area contributed by atoms with E-state index in [1.807, 2.05) is 0 Å². The third kappa shape index (κ3) is 5.04. The predicted molar refractivity (Wildman–Crippen MR) is 131 cm³/mol. The van der Waals surface area contributed by atoms with Gasteiger partial charge in [-0.05, 0) is 61.8 Å². The number of nitrogens with one attached hydrogen (secondary N) is 2. The predicted octanol–water partition coefficient (Wildman–Crippen LogP) is 2.59. The Labute approximate surface area is 189 Å². The van der Waals surface area contributed by atoms with E-state index in [-0.39, 0.29) is 5.41 Å². The van der Waals surface area contributed by atoms with Crippen LogP contribution in [-0.4, -0.2) is 39.3 Å². The van der Waals surface area contributed by atoms with Crippen molar-refractivity contribution in [3.63, 3.8) is 0 Å². The van der Waals surface area contributed by atoms with Crippen molar-refractivity contribution in [2.45, 2.75) is 46.0 Å². The summed E-state index contributed by atoms with van der Waals surface area (Å²) >= 11 is 0. The van der Waals surface area contributed by atoms with E-state index < -0.39 is 0 Å². The summed E-state index contributed by atoms with van der Waals surface area (Å²) < 4.78 is 0. The SMILES string of the molecule is CC[NH+](CC)CC#CCC1(CC#CC[NH+](CC)CC)c2ccccc2-c2ccccc21. The Morgan fingerprint density at radius 2 is 0.968 bits per heavy atom. The molecule has 2 heteroatoms. The molecule has 0 heterocycles. The van der Waals surface area contributed by atoms with E-state index in [2.05, 4.69) is 99.9 Å². The van der Waals surface area contributed by atoms with Gasteiger partial charge in [-0.1, -0.05) is 60.4 Å². The highest BCUT2D eigenvalue weighted by Gasteiger charge is 2.41. The van der Waals surface area contributed by atoms with Crippen LogP contribution in [0.3, 0.4) is 0 Å². The largest absolute Gasteiger partial charge is 0.325 e. The van der Waals surface area contributed by atoms with Crippen molar-refractivity contribution in [3.8, 4) is 34.8 Å². The van der Waals surface area contributed by atoms with Gasteiger partial charge in [-0.25, -0.2) is 0 Å². The molecule has 0 unspecified atom stereocenters. The number of benzene rings is 2. The molecule has 0 amide bonds. The Balaban J connectivity index is 1.96. The maximum Gasteiger partial charge on any atom is 0.139 e. The van der Waals surface area contributed by atoms with Gasteiger partial charge in [0, 0.05) is 18.3 Å². The van der Waals surface area contributed by atoms with Gasteiger partial charge in [0.1, 0.15) is 13.1 Å². The minimum Gasteiger partial charge on any atom is -0.325 e. The molecule has 0 aliphatic heterocycles. The molecule has 2 nitrogen and oxygen atoms in total. The van der Waals surface area contributed by atoms with E-state index >= 15 is 0 Å². The van der Waals surface area contributed by atoms with Crippen molar-refractivity contribution in [2.24, 2.45) is 0 Å². The Bertz CT molecular complexity index is 893. The molecule has 2 aromatic rings. The summed E-state index contributed by atoms with van der Waals surface area (Å²) in [6.07, 6.45) is 1.66. The van der Waals surface area contributed by atoms with E-state index in [1.54, 1.807) is 0 Å². The molecule has 0 saturated carbocycles. The van der Waals surface area contributed by atoms with Crippen molar-refractivity contribution in [1.82, 2.24) is 0 Å². The third-order valence-electron chi connectivity index (χ3n) is 6.88. The second kappa shape index (κ2) is 11.2. The van der Waals surface area contributed by atoms with Crippen LogP contribution in [-0.2, 0) is 5.41 Å². The van der Waals surface area contributed by atoms with E-state index in [0.29, 0.717) is 0 Å². The molecule has 3 rings (SSSR count). The fourth-order valence-electron chi connectivity index (χ4n) is 4.66. The molecular weight excluding hydrogens is 376 g/mol. The van der Waals surface area contributed by atoms with Gasteiger partial charge in [0.15, 0.2) is 0 Å². The van der Waals surface area contributed by atoms with Crippen molar-refractivity contribution in [1.29, 1.82) is 0 Å². The first-order valence-electron chi connectivity index (χ1n) is 12.0. The molecule has 31 heavy (non-hydrogen) atoms. The summed E-state index contributed by atoms with van der Waals surface area (Å²) in [4.78, 5) is 3.08. The number of rotatable bonds is 8. The molecule has 0 radical (unpaired) electrons. The molecule has 2 aromatic carbocycles. The lowest BCUT2D eigenvalue weighted by atomic mass is 9.73. The average Bonchev–Trinajstić information content (AvgIpc) is 3.10. The number of fused-ring (bicyclic) bond motifs is 3. The zero-order valence-corrected chi connectivity index (χ0v) is 19.8. The Morgan fingerprint density at radius 1 is 0.581 bits per heavy atom. The average molecular weight is 415 g/mol. The zero-order valence-electron chi connectivity index (χ0n) is 19.8. The summed E-state index contributed by atoms with van der Waals surface area (Å²) in [7, 11) is 0. The fourth-order valence-corrected chi connectivity index (χ4v) is 4.66. The first-order chi connectivity index (χ1) is 15.2. The van der Waals surface area contributed by atoms with Crippen LogP contribution in [0, 0.1) is 23.7 Å². The standard InChI is InChI=1S/C29H36N2/c1-5-30(6-2)23-15-13-21-29(22-14-16-24-31(7-3)8-4)27-19-11-9-17-25(27)26-18-10-12-20-28(26)29/h9-12,17-20H,5-8,21-24H2,1-4H3/p+2. The first kappa shape index (κ1) is 23.1. The number of hydrogen-bond acceptors (Lipinski definition) is 0. The lowest BCUT2D eigenvalue weighted by Crippen LogP contribution is -3.11. The molecule has 0 fully saturated rings. The minimum atomic E-state index is -0.135. The van der Waals surface area contributed by atoms with E-state index in [0.717, 1.165) is 52.1 Å². The van der Waals surface area contributed by atoms with E-state index in [4.69, 9.17) is 0 Å². The number of quaternary nitrogens is 2. The topological polar surface area (TPSA) is 8.88 Å². The Kier molecular flexibility index (Phi) is 8.36. The van der Waals surface area contributed by atoms with Gasteiger partial charge in [0.05, 0.1) is 26.2 Å². The first-order valence-corrected chi connectivity index (χ1v) is 12.0. The van der Waals surface area contributed by atoms with Crippen LogP contribution < -0.4 is 9.80 Å². The van der Waals surface area contributed by atoms with Gasteiger partial charge in [-0.3, -0.25) is 0 Å². The van der Waals surface area contributed by atoms with Crippen LogP contribution in [0.5, 0.6) is 0 Å². The van der Waals surface area contributed by atoms with Crippen LogP contribution in [0.25, 0.3) is 11.1 Å². The van der Waals surface area contributed by atoms with Crippen molar-refractivity contribution in [2.75, 3.05) is 39.3 Å². The lowest BCUT2D eigenvalue weighted by Gasteiger charge is -2.28. The van der Waals surface area contributed by atoms with Crippen LogP contribution in [0.2, 0.25) is 0 Å². The van der Waals surface area contributed by atoms with Crippen LogP contribution >= 0.6 is 0 Å². The summed E-state index contributed by atoms with van der Waals surface area (Å²) in [6.45, 7) is 15.3. The molecule has 1 aliphatic carbocycles. The van der Waals surface area contributed by atoms with Crippen molar-refractivity contribution in [3.05, 3.63) is 59.7 Å². The quantitative estimate of drug-likeness (QED) is 0.615. The number of hydrogen-bond donors (Lipinski definition) is 2. The monoisotopic (exact) mass is 414 g/mol. The summed E-state index contributed by atoms with van der Waals surface area (Å²) in [5.41, 5.74) is 5.36. The second-order valence-electron chi connectivity index (χ2n) is 8.50. The Morgan fingerprint density at radius 3 is 1.35 bits per heavy atom. The molecule has 1 aliphatic rings. The van der Waals surface area contributed by atoms with Crippen molar-refractivity contribution < 1.29 is 9.80 Å². The Hall–Kier alpha value is -2.52. The van der Waals surface area contributed by atoms with E-state index in [9.17, 15) is 0 Å². The smallest absolute Gasteiger partial charge is 0.139 e. The van der Waals surface area contributed by atoms with Gasteiger partial charge in [0.2, 0.25) is 0 Å². The molecule has 0 aromatic heterocycles. The van der Waals surface area contributed by atoms with E-state index in [1.165, 1.54) is 32.1 Å². The summed E-state index contributed by atoms with van der Waals surface area (Å²) in [6, 6.07) is 17.7. The van der Waals surface area contributed by atoms with Gasteiger partial charge in [0.25, 0.3) is 0 Å². The second-order valence-corrected chi connectivity index (χ2v) is 8.50. The molecule has 0 spiro atoms.